The number of nitrogen functional groups attached to an aromatic ring is 1. The van der Waals surface area contributed by atoms with E-state index < -0.39 is 10.0 Å². The molecule has 0 radical (unpaired) electrons. The van der Waals surface area contributed by atoms with Gasteiger partial charge in [-0.2, -0.15) is 0 Å². The summed E-state index contributed by atoms with van der Waals surface area (Å²) in [6, 6.07) is 14.4. The van der Waals surface area contributed by atoms with Gasteiger partial charge >= 0.3 is 0 Å². The number of nitrogens with one attached hydrogen (secondary N) is 1. The van der Waals surface area contributed by atoms with Gasteiger partial charge < -0.3 is 5.73 Å². The molecule has 4 nitrogen and oxygen atoms in total. The number of benzene rings is 2. The van der Waals surface area contributed by atoms with Crippen LogP contribution < -0.4 is 10.5 Å². The highest BCUT2D eigenvalue weighted by atomic mass is 32.2. The molecule has 0 bridgehead atoms. The average molecular weight is 304 g/mol. The van der Waals surface area contributed by atoms with E-state index >= 15 is 0 Å². The lowest BCUT2D eigenvalue weighted by Gasteiger charge is -2.07. The van der Waals surface area contributed by atoms with Crippen LogP contribution in [-0.4, -0.2) is 15.0 Å². The van der Waals surface area contributed by atoms with Crippen molar-refractivity contribution in [3.8, 4) is 0 Å². The van der Waals surface area contributed by atoms with Gasteiger partial charge in [0.05, 0.1) is 4.90 Å². The number of rotatable bonds is 6. The Kier molecular flexibility index (Phi) is 4.98. The summed E-state index contributed by atoms with van der Waals surface area (Å²) in [7, 11) is -3.44. The lowest BCUT2D eigenvalue weighted by molar-refractivity contribution is 0.581. The van der Waals surface area contributed by atoms with E-state index in [1.54, 1.807) is 12.1 Å². The molecular weight excluding hydrogens is 284 g/mol. The molecule has 0 fully saturated rings. The van der Waals surface area contributed by atoms with Gasteiger partial charge in [0.15, 0.2) is 0 Å². The molecule has 2 aromatic rings. The smallest absolute Gasteiger partial charge is 0.240 e. The third-order valence-electron chi connectivity index (χ3n) is 3.33. The summed E-state index contributed by atoms with van der Waals surface area (Å²) in [5.74, 6) is 0. The van der Waals surface area contributed by atoms with Crippen molar-refractivity contribution in [1.29, 1.82) is 0 Å². The first-order valence-corrected chi connectivity index (χ1v) is 8.42. The van der Waals surface area contributed by atoms with E-state index in [1.165, 1.54) is 0 Å². The minimum atomic E-state index is -3.44. The molecule has 0 aliphatic carbocycles. The zero-order chi connectivity index (χ0) is 15.3. The van der Waals surface area contributed by atoms with Crippen LogP contribution in [-0.2, 0) is 22.9 Å². The summed E-state index contributed by atoms with van der Waals surface area (Å²) in [5, 5.41) is 0. The predicted molar refractivity (Wildman–Crippen MR) is 85.6 cm³/mol. The summed E-state index contributed by atoms with van der Waals surface area (Å²) in [5.41, 5.74) is 8.49. The van der Waals surface area contributed by atoms with Crippen LogP contribution in [0.1, 0.15) is 18.1 Å². The fourth-order valence-electron chi connectivity index (χ4n) is 2.00. The van der Waals surface area contributed by atoms with Gasteiger partial charge in [-0.3, -0.25) is 0 Å². The van der Waals surface area contributed by atoms with E-state index in [1.807, 2.05) is 43.3 Å². The lowest BCUT2D eigenvalue weighted by Crippen LogP contribution is -2.26. The maximum absolute atomic E-state index is 12.1. The van der Waals surface area contributed by atoms with E-state index in [2.05, 4.69) is 4.72 Å². The fraction of sp³-hybridized carbons (Fsp3) is 0.250. The Labute approximate surface area is 126 Å². The van der Waals surface area contributed by atoms with Crippen LogP contribution in [0.15, 0.2) is 53.4 Å². The molecule has 0 aliphatic rings. The number of sulfonamides is 1. The largest absolute Gasteiger partial charge is 0.399 e. The zero-order valence-electron chi connectivity index (χ0n) is 12.0. The molecule has 5 heteroatoms. The maximum Gasteiger partial charge on any atom is 0.240 e. The molecule has 0 heterocycles. The number of anilines is 1. The average Bonchev–Trinajstić information content (AvgIpc) is 2.49. The first kappa shape index (κ1) is 15.5. The molecular formula is C16H20N2O2S. The summed E-state index contributed by atoms with van der Waals surface area (Å²) < 4.78 is 26.9. The first-order valence-electron chi connectivity index (χ1n) is 6.94. The Hall–Kier alpha value is -1.85. The van der Waals surface area contributed by atoms with Crippen LogP contribution >= 0.6 is 0 Å². The number of hydrogen-bond acceptors (Lipinski definition) is 3. The topological polar surface area (TPSA) is 72.2 Å². The van der Waals surface area contributed by atoms with E-state index in [0.29, 0.717) is 23.5 Å². The number of aryl methyl sites for hydroxylation is 1. The molecule has 112 valence electrons. The molecule has 0 amide bonds. The Morgan fingerprint density at radius 1 is 0.952 bits per heavy atom. The molecule has 0 saturated heterocycles. The van der Waals surface area contributed by atoms with Crippen LogP contribution in [0.5, 0.6) is 0 Å². The maximum atomic E-state index is 12.1. The predicted octanol–water partition coefficient (Wildman–Crippen LogP) is 2.35. The van der Waals surface area contributed by atoms with E-state index in [9.17, 15) is 8.42 Å². The Morgan fingerprint density at radius 2 is 1.52 bits per heavy atom. The Balaban J connectivity index is 1.95. The van der Waals surface area contributed by atoms with Gasteiger partial charge in [0.25, 0.3) is 0 Å². The van der Waals surface area contributed by atoms with Crippen molar-refractivity contribution in [1.82, 2.24) is 4.72 Å². The van der Waals surface area contributed by atoms with Gasteiger partial charge in [-0.15, -0.1) is 0 Å². The lowest BCUT2D eigenvalue weighted by atomic mass is 10.1. The molecule has 0 spiro atoms. The summed E-state index contributed by atoms with van der Waals surface area (Å²) in [6.45, 7) is 2.40. The monoisotopic (exact) mass is 304 g/mol. The highest BCUT2D eigenvalue weighted by Gasteiger charge is 2.12. The van der Waals surface area contributed by atoms with Gasteiger partial charge in [0.2, 0.25) is 10.0 Å². The summed E-state index contributed by atoms with van der Waals surface area (Å²) in [4.78, 5) is 0.303. The van der Waals surface area contributed by atoms with Crippen molar-refractivity contribution in [3.63, 3.8) is 0 Å². The number of hydrogen-bond donors (Lipinski definition) is 2. The van der Waals surface area contributed by atoms with Crippen molar-refractivity contribution in [2.45, 2.75) is 24.7 Å². The van der Waals surface area contributed by atoms with E-state index in [4.69, 9.17) is 5.73 Å². The fourth-order valence-corrected chi connectivity index (χ4v) is 3.03. The molecule has 3 N–H and O–H groups in total. The van der Waals surface area contributed by atoms with Crippen molar-refractivity contribution in [3.05, 3.63) is 59.7 Å². The third-order valence-corrected chi connectivity index (χ3v) is 4.80. The molecule has 2 aromatic carbocycles. The zero-order valence-corrected chi connectivity index (χ0v) is 12.9. The first-order chi connectivity index (χ1) is 10.0. The van der Waals surface area contributed by atoms with Gasteiger partial charge in [-0.05, 0) is 48.2 Å². The van der Waals surface area contributed by atoms with Gasteiger partial charge in [0.1, 0.15) is 0 Å². The van der Waals surface area contributed by atoms with E-state index in [-0.39, 0.29) is 0 Å². The Morgan fingerprint density at radius 3 is 2.10 bits per heavy atom. The molecule has 0 saturated carbocycles. The second-order valence-corrected chi connectivity index (χ2v) is 6.65. The minimum absolute atomic E-state index is 0.303. The highest BCUT2D eigenvalue weighted by Crippen LogP contribution is 2.11. The Bertz CT molecular complexity index is 677. The van der Waals surface area contributed by atoms with Crippen LogP contribution in [0, 0.1) is 0 Å². The molecule has 0 unspecified atom stereocenters. The van der Waals surface area contributed by atoms with Gasteiger partial charge in [-0.25, -0.2) is 13.1 Å². The van der Waals surface area contributed by atoms with Crippen molar-refractivity contribution < 1.29 is 8.42 Å². The third kappa shape index (κ3) is 4.31. The highest BCUT2D eigenvalue weighted by molar-refractivity contribution is 7.89. The standard InChI is InChI=1S/C16H20N2O2S/c1-2-13-5-9-16(10-6-13)21(19,20)18-12-11-14-3-7-15(17)8-4-14/h3-10,18H,2,11-12,17H2,1H3. The second-order valence-electron chi connectivity index (χ2n) is 4.89. The quantitative estimate of drug-likeness (QED) is 0.805. The summed E-state index contributed by atoms with van der Waals surface area (Å²) >= 11 is 0. The SMILES string of the molecule is CCc1ccc(S(=O)(=O)NCCc2ccc(N)cc2)cc1. The van der Waals surface area contributed by atoms with Gasteiger partial charge in [-0.1, -0.05) is 31.2 Å². The molecule has 0 aliphatic heterocycles. The van der Waals surface area contributed by atoms with Crippen LogP contribution in [0.2, 0.25) is 0 Å². The molecule has 21 heavy (non-hydrogen) atoms. The minimum Gasteiger partial charge on any atom is -0.399 e. The van der Waals surface area contributed by atoms with Crippen molar-refractivity contribution in [2.75, 3.05) is 12.3 Å². The second kappa shape index (κ2) is 6.74. The van der Waals surface area contributed by atoms with Crippen LogP contribution in [0.4, 0.5) is 5.69 Å². The normalized spacial score (nSPS) is 11.5. The molecule has 0 aromatic heterocycles. The van der Waals surface area contributed by atoms with Crippen molar-refractivity contribution >= 4 is 15.7 Å². The molecule has 2 rings (SSSR count). The molecule has 0 atom stereocenters. The number of nitrogens with two attached hydrogens (primary N) is 1. The van der Waals surface area contributed by atoms with Crippen molar-refractivity contribution in [2.24, 2.45) is 0 Å². The van der Waals surface area contributed by atoms with Crippen LogP contribution in [0.3, 0.4) is 0 Å². The summed E-state index contributed by atoms with van der Waals surface area (Å²) in [6.07, 6.45) is 1.53. The van der Waals surface area contributed by atoms with Crippen LogP contribution in [0.25, 0.3) is 0 Å². The van der Waals surface area contributed by atoms with Gasteiger partial charge in [0, 0.05) is 12.2 Å². The van der Waals surface area contributed by atoms with E-state index in [0.717, 1.165) is 17.5 Å².